The Morgan fingerprint density at radius 3 is 2.52 bits per heavy atom. The first kappa shape index (κ1) is 13.4. The Labute approximate surface area is 123 Å². The van der Waals surface area contributed by atoms with E-state index in [4.69, 9.17) is 10.5 Å². The van der Waals surface area contributed by atoms with E-state index in [1.807, 2.05) is 36.4 Å². The third-order valence-corrected chi connectivity index (χ3v) is 3.26. The average Bonchev–Trinajstić information content (AvgIpc) is 2.49. The topological polar surface area (TPSA) is 61.0 Å². The Bertz CT molecular complexity index is 754. The van der Waals surface area contributed by atoms with Crippen LogP contribution in [0.2, 0.25) is 0 Å². The van der Waals surface area contributed by atoms with Gasteiger partial charge in [-0.2, -0.15) is 4.98 Å². The van der Waals surface area contributed by atoms with E-state index in [1.54, 1.807) is 0 Å². The van der Waals surface area contributed by atoms with Gasteiger partial charge in [0.1, 0.15) is 5.75 Å². The summed E-state index contributed by atoms with van der Waals surface area (Å²) < 4.78 is 5.87. The molecule has 3 aromatic rings. The van der Waals surface area contributed by atoms with Crippen LogP contribution < -0.4 is 10.5 Å². The number of rotatable bonds is 4. The van der Waals surface area contributed by atoms with E-state index in [9.17, 15) is 0 Å². The van der Waals surface area contributed by atoms with Gasteiger partial charge in [-0.15, -0.1) is 0 Å². The minimum Gasteiger partial charge on any atom is -0.438 e. The maximum Gasteiger partial charge on any atom is 0.231 e. The number of nitrogens with zero attached hydrogens (tertiary/aromatic N) is 2. The maximum absolute atomic E-state index is 5.87. The summed E-state index contributed by atoms with van der Waals surface area (Å²) in [5.41, 5.74) is 7.82. The van der Waals surface area contributed by atoms with E-state index < -0.39 is 0 Å². The van der Waals surface area contributed by atoms with Crippen LogP contribution in [0.3, 0.4) is 0 Å². The molecule has 3 rings (SSSR count). The van der Waals surface area contributed by atoms with Crippen LogP contribution in [-0.2, 0) is 6.42 Å². The summed E-state index contributed by atoms with van der Waals surface area (Å²) in [5, 5.41) is 0.851. The Balaban J connectivity index is 1.94. The number of nitrogens with two attached hydrogens (primary N) is 1. The highest BCUT2D eigenvalue weighted by Crippen LogP contribution is 2.28. The summed E-state index contributed by atoms with van der Waals surface area (Å²) in [5.74, 6) is 1.45. The van der Waals surface area contributed by atoms with Gasteiger partial charge in [-0.25, -0.2) is 4.98 Å². The highest BCUT2D eigenvalue weighted by Gasteiger charge is 2.08. The lowest BCUT2D eigenvalue weighted by atomic mass is 10.1. The van der Waals surface area contributed by atoms with Crippen LogP contribution >= 0.6 is 0 Å². The van der Waals surface area contributed by atoms with Crippen LogP contribution in [-0.4, -0.2) is 9.97 Å². The molecule has 0 spiro atoms. The fourth-order valence-corrected chi connectivity index (χ4v) is 2.27. The zero-order chi connectivity index (χ0) is 14.7. The molecule has 2 aromatic carbocycles. The van der Waals surface area contributed by atoms with Gasteiger partial charge in [0.2, 0.25) is 11.8 Å². The number of aromatic nitrogens is 2. The lowest BCUT2D eigenvalue weighted by Gasteiger charge is -2.09. The van der Waals surface area contributed by atoms with Crippen molar-refractivity contribution in [2.75, 3.05) is 5.73 Å². The van der Waals surface area contributed by atoms with Crippen LogP contribution in [0, 0.1) is 0 Å². The monoisotopic (exact) mass is 279 g/mol. The molecule has 0 aliphatic rings. The third kappa shape index (κ3) is 2.94. The smallest absolute Gasteiger partial charge is 0.231 e. The molecule has 0 fully saturated rings. The van der Waals surface area contributed by atoms with Crippen molar-refractivity contribution in [1.82, 2.24) is 9.97 Å². The van der Waals surface area contributed by atoms with Crippen molar-refractivity contribution < 1.29 is 4.74 Å². The third-order valence-electron chi connectivity index (χ3n) is 3.26. The molecular weight excluding hydrogens is 262 g/mol. The summed E-state index contributed by atoms with van der Waals surface area (Å²) >= 11 is 0. The van der Waals surface area contributed by atoms with Crippen LogP contribution in [0.4, 0.5) is 5.95 Å². The maximum atomic E-state index is 5.87. The lowest BCUT2D eigenvalue weighted by molar-refractivity contribution is 0.469. The van der Waals surface area contributed by atoms with Crippen molar-refractivity contribution >= 4 is 16.9 Å². The summed E-state index contributed by atoms with van der Waals surface area (Å²) in [7, 11) is 0. The van der Waals surface area contributed by atoms with Gasteiger partial charge in [0, 0.05) is 0 Å². The van der Waals surface area contributed by atoms with E-state index >= 15 is 0 Å². The fraction of sp³-hybridized carbons (Fsp3) is 0.176. The van der Waals surface area contributed by atoms with Crippen LogP contribution in [0.25, 0.3) is 10.9 Å². The van der Waals surface area contributed by atoms with Gasteiger partial charge in [0.05, 0.1) is 10.9 Å². The number of benzene rings is 2. The first-order chi connectivity index (χ1) is 10.3. The summed E-state index contributed by atoms with van der Waals surface area (Å²) in [6, 6.07) is 15.7. The predicted octanol–water partition coefficient (Wildman–Crippen LogP) is 3.96. The Kier molecular flexibility index (Phi) is 3.69. The Hall–Kier alpha value is -2.62. The van der Waals surface area contributed by atoms with Gasteiger partial charge in [-0.1, -0.05) is 37.6 Å². The van der Waals surface area contributed by atoms with Gasteiger partial charge < -0.3 is 10.5 Å². The number of anilines is 1. The molecule has 21 heavy (non-hydrogen) atoms. The number of ether oxygens (including phenoxy) is 1. The zero-order valence-corrected chi connectivity index (χ0v) is 11.9. The quantitative estimate of drug-likeness (QED) is 0.785. The van der Waals surface area contributed by atoms with Crippen LogP contribution in [0.1, 0.15) is 18.9 Å². The molecule has 2 N–H and O–H groups in total. The summed E-state index contributed by atoms with van der Waals surface area (Å²) in [6.45, 7) is 2.17. The van der Waals surface area contributed by atoms with Gasteiger partial charge in [-0.3, -0.25) is 0 Å². The first-order valence-corrected chi connectivity index (χ1v) is 7.05. The number of aryl methyl sites for hydroxylation is 1. The van der Waals surface area contributed by atoms with Crippen molar-refractivity contribution in [1.29, 1.82) is 0 Å². The summed E-state index contributed by atoms with van der Waals surface area (Å²) in [4.78, 5) is 8.40. The fourth-order valence-electron chi connectivity index (χ4n) is 2.27. The van der Waals surface area contributed by atoms with Gasteiger partial charge in [0.15, 0.2) is 0 Å². The van der Waals surface area contributed by atoms with E-state index in [-0.39, 0.29) is 5.95 Å². The highest BCUT2D eigenvalue weighted by molar-refractivity contribution is 5.84. The average molecular weight is 279 g/mol. The Morgan fingerprint density at radius 2 is 1.76 bits per heavy atom. The zero-order valence-electron chi connectivity index (χ0n) is 11.9. The molecule has 4 nitrogen and oxygen atoms in total. The van der Waals surface area contributed by atoms with Gasteiger partial charge in [-0.05, 0) is 36.2 Å². The first-order valence-electron chi connectivity index (χ1n) is 7.05. The highest BCUT2D eigenvalue weighted by atomic mass is 16.5. The van der Waals surface area contributed by atoms with Crippen molar-refractivity contribution in [2.45, 2.75) is 19.8 Å². The largest absolute Gasteiger partial charge is 0.438 e. The molecule has 0 saturated heterocycles. The Morgan fingerprint density at radius 1 is 1.00 bits per heavy atom. The summed E-state index contributed by atoms with van der Waals surface area (Å²) in [6.07, 6.45) is 2.21. The van der Waals surface area contributed by atoms with Crippen molar-refractivity contribution in [2.24, 2.45) is 0 Å². The molecule has 0 aliphatic heterocycles. The molecular formula is C17H17N3O. The second-order valence-corrected chi connectivity index (χ2v) is 4.90. The molecule has 4 heteroatoms. The molecule has 106 valence electrons. The van der Waals surface area contributed by atoms with Crippen molar-refractivity contribution in [3.05, 3.63) is 54.1 Å². The second kappa shape index (κ2) is 5.79. The molecule has 0 atom stereocenters. The van der Waals surface area contributed by atoms with Gasteiger partial charge in [0.25, 0.3) is 0 Å². The lowest BCUT2D eigenvalue weighted by Crippen LogP contribution is -1.98. The van der Waals surface area contributed by atoms with E-state index in [1.165, 1.54) is 5.56 Å². The normalized spacial score (nSPS) is 10.7. The van der Waals surface area contributed by atoms with E-state index in [0.29, 0.717) is 5.88 Å². The minimum atomic E-state index is 0.214. The molecule has 0 saturated carbocycles. The second-order valence-electron chi connectivity index (χ2n) is 4.90. The minimum absolute atomic E-state index is 0.214. The SMILES string of the molecule is CCCc1ccc(Oc2nc(N)nc3ccccc23)cc1. The molecule has 1 aromatic heterocycles. The van der Waals surface area contributed by atoms with E-state index in [0.717, 1.165) is 29.5 Å². The number of hydrogen-bond acceptors (Lipinski definition) is 4. The van der Waals surface area contributed by atoms with Crippen LogP contribution in [0.5, 0.6) is 11.6 Å². The predicted molar refractivity (Wildman–Crippen MR) is 84.5 cm³/mol. The number of nitrogen functional groups attached to an aromatic ring is 1. The number of hydrogen-bond donors (Lipinski definition) is 1. The molecule has 0 aliphatic carbocycles. The molecule has 1 heterocycles. The standard InChI is InChI=1S/C17H17N3O/c1-2-5-12-8-10-13(11-9-12)21-16-14-6-3-4-7-15(14)19-17(18)20-16/h3-4,6-11H,2,5H2,1H3,(H2,18,19,20). The van der Waals surface area contributed by atoms with Gasteiger partial charge >= 0.3 is 0 Å². The van der Waals surface area contributed by atoms with Crippen LogP contribution in [0.15, 0.2) is 48.5 Å². The number of fused-ring (bicyclic) bond motifs is 1. The molecule has 0 unspecified atom stereocenters. The van der Waals surface area contributed by atoms with E-state index in [2.05, 4.69) is 29.0 Å². The number of para-hydroxylation sites is 1. The van der Waals surface area contributed by atoms with Crippen molar-refractivity contribution in [3.8, 4) is 11.6 Å². The molecule has 0 radical (unpaired) electrons. The van der Waals surface area contributed by atoms with Crippen molar-refractivity contribution in [3.63, 3.8) is 0 Å². The molecule has 0 bridgehead atoms. The molecule has 0 amide bonds.